The van der Waals surface area contributed by atoms with Crippen molar-refractivity contribution in [1.82, 2.24) is 10.6 Å². The van der Waals surface area contributed by atoms with Crippen molar-refractivity contribution in [3.8, 4) is 0 Å². The molecule has 2 amide bonds. The molecule has 0 saturated carbocycles. The lowest BCUT2D eigenvalue weighted by Crippen LogP contribution is -2.44. The van der Waals surface area contributed by atoms with Crippen LogP contribution in [0.4, 0.5) is 4.79 Å². The van der Waals surface area contributed by atoms with Crippen molar-refractivity contribution in [2.45, 2.75) is 64.1 Å². The van der Waals surface area contributed by atoms with Crippen LogP contribution < -0.4 is 10.6 Å². The maximum absolute atomic E-state index is 12.5. The second-order valence-corrected chi connectivity index (χ2v) is 8.04. The summed E-state index contributed by atoms with van der Waals surface area (Å²) in [6, 6.07) is 8.27. The maximum atomic E-state index is 12.5. The smallest absolute Gasteiger partial charge is 0.408 e. The molecule has 0 aromatic heterocycles. The van der Waals surface area contributed by atoms with Crippen LogP contribution in [-0.2, 0) is 19.1 Å². The van der Waals surface area contributed by atoms with Gasteiger partial charge in [-0.25, -0.2) is 9.59 Å². The Morgan fingerprint density at radius 3 is 2.32 bits per heavy atom. The second-order valence-electron chi connectivity index (χ2n) is 8.04. The average molecular weight is 431 g/mol. The highest BCUT2D eigenvalue weighted by Gasteiger charge is 2.25. The largest absolute Gasteiger partial charge is 0.464 e. The Labute approximate surface area is 184 Å². The molecule has 31 heavy (non-hydrogen) atoms. The normalized spacial score (nSPS) is 12.7. The van der Waals surface area contributed by atoms with E-state index >= 15 is 0 Å². The summed E-state index contributed by atoms with van der Waals surface area (Å²) in [6.45, 7) is 12.5. The van der Waals surface area contributed by atoms with Crippen molar-refractivity contribution in [2.75, 3.05) is 6.61 Å². The van der Waals surface area contributed by atoms with Gasteiger partial charge in [0.15, 0.2) is 0 Å². The Balaban J connectivity index is 2.68. The van der Waals surface area contributed by atoms with Crippen LogP contribution in [0.3, 0.4) is 0 Å². The molecule has 0 fully saturated rings. The second kappa shape index (κ2) is 13.3. The van der Waals surface area contributed by atoms with E-state index in [1.807, 2.05) is 30.3 Å². The zero-order valence-electron chi connectivity index (χ0n) is 18.7. The fourth-order valence-electron chi connectivity index (χ4n) is 2.72. The number of nitrogens with one attached hydrogen (secondary N) is 2. The third-order valence-electron chi connectivity index (χ3n) is 4.14. The number of hydrogen-bond donors (Lipinski definition) is 2. The number of carbonyl (C=O) groups is 3. The van der Waals surface area contributed by atoms with Gasteiger partial charge in [0.1, 0.15) is 11.6 Å². The van der Waals surface area contributed by atoms with Crippen molar-refractivity contribution >= 4 is 18.0 Å². The van der Waals surface area contributed by atoms with Gasteiger partial charge in [-0.05, 0) is 39.2 Å². The highest BCUT2D eigenvalue weighted by molar-refractivity contribution is 5.81. The lowest BCUT2D eigenvalue weighted by atomic mass is 10.0. The summed E-state index contributed by atoms with van der Waals surface area (Å²) in [4.78, 5) is 36.6. The molecule has 7 nitrogen and oxygen atoms in total. The number of benzene rings is 1. The summed E-state index contributed by atoms with van der Waals surface area (Å²) in [7, 11) is 0. The molecule has 2 atom stereocenters. The first-order chi connectivity index (χ1) is 14.7. The predicted molar refractivity (Wildman–Crippen MR) is 120 cm³/mol. The van der Waals surface area contributed by atoms with Crippen molar-refractivity contribution < 1.29 is 23.9 Å². The van der Waals surface area contributed by atoms with Crippen LogP contribution in [-0.4, -0.2) is 36.2 Å². The van der Waals surface area contributed by atoms with Crippen LogP contribution in [0.1, 0.15) is 58.1 Å². The summed E-state index contributed by atoms with van der Waals surface area (Å²) in [5.41, 5.74) is 0.236. The monoisotopic (exact) mass is 430 g/mol. The third kappa shape index (κ3) is 11.0. The zero-order chi connectivity index (χ0) is 23.3. The van der Waals surface area contributed by atoms with Crippen molar-refractivity contribution in [3.05, 3.63) is 61.2 Å². The third-order valence-corrected chi connectivity index (χ3v) is 4.14. The van der Waals surface area contributed by atoms with Gasteiger partial charge in [0.25, 0.3) is 0 Å². The van der Waals surface area contributed by atoms with Gasteiger partial charge in [-0.15, -0.1) is 13.2 Å². The number of rotatable bonds is 12. The lowest BCUT2D eigenvalue weighted by Gasteiger charge is -2.23. The molecule has 0 spiro atoms. The van der Waals surface area contributed by atoms with E-state index in [1.165, 1.54) is 6.08 Å². The van der Waals surface area contributed by atoms with Gasteiger partial charge in [0, 0.05) is 12.8 Å². The fourth-order valence-corrected chi connectivity index (χ4v) is 2.72. The molecule has 2 unspecified atom stereocenters. The fraction of sp³-hybridized carbons (Fsp3) is 0.458. The molecule has 0 heterocycles. The molecule has 2 N–H and O–H groups in total. The van der Waals surface area contributed by atoms with E-state index in [4.69, 9.17) is 9.47 Å². The maximum Gasteiger partial charge on any atom is 0.408 e. The van der Waals surface area contributed by atoms with E-state index in [0.29, 0.717) is 19.3 Å². The van der Waals surface area contributed by atoms with Crippen LogP contribution in [0.2, 0.25) is 0 Å². The molecule has 7 heteroatoms. The first kappa shape index (κ1) is 25.9. The average Bonchev–Trinajstić information content (AvgIpc) is 2.70. The molecule has 0 bridgehead atoms. The van der Waals surface area contributed by atoms with E-state index in [-0.39, 0.29) is 25.0 Å². The molecule has 0 aliphatic carbocycles. The summed E-state index contributed by atoms with van der Waals surface area (Å²) >= 11 is 0. The highest BCUT2D eigenvalue weighted by atomic mass is 16.6. The van der Waals surface area contributed by atoms with E-state index in [0.717, 1.165) is 5.56 Å². The first-order valence-electron chi connectivity index (χ1n) is 10.4. The van der Waals surface area contributed by atoms with Crippen LogP contribution in [0.25, 0.3) is 0 Å². The van der Waals surface area contributed by atoms with Gasteiger partial charge >= 0.3 is 12.1 Å². The lowest BCUT2D eigenvalue weighted by molar-refractivity contribution is -0.146. The summed E-state index contributed by atoms with van der Waals surface area (Å²) in [5, 5.41) is 5.48. The van der Waals surface area contributed by atoms with Crippen molar-refractivity contribution in [3.63, 3.8) is 0 Å². The summed E-state index contributed by atoms with van der Waals surface area (Å²) in [5.74, 6) is -0.688. The van der Waals surface area contributed by atoms with Gasteiger partial charge in [-0.2, -0.15) is 0 Å². The van der Waals surface area contributed by atoms with E-state index in [2.05, 4.69) is 23.8 Å². The molecule has 1 aromatic carbocycles. The number of amides is 2. The van der Waals surface area contributed by atoms with Gasteiger partial charge in [-0.1, -0.05) is 42.5 Å². The van der Waals surface area contributed by atoms with Crippen LogP contribution in [0.5, 0.6) is 0 Å². The topological polar surface area (TPSA) is 93.7 Å². The molecular formula is C24H34N2O5. The quantitative estimate of drug-likeness (QED) is 0.383. The molecule has 1 rings (SSSR count). The Morgan fingerprint density at radius 2 is 1.74 bits per heavy atom. The van der Waals surface area contributed by atoms with E-state index in [1.54, 1.807) is 26.8 Å². The summed E-state index contributed by atoms with van der Waals surface area (Å²) < 4.78 is 10.6. The van der Waals surface area contributed by atoms with Gasteiger partial charge in [0.2, 0.25) is 5.91 Å². The van der Waals surface area contributed by atoms with E-state index in [9.17, 15) is 14.4 Å². The minimum Gasteiger partial charge on any atom is -0.464 e. The Kier molecular flexibility index (Phi) is 11.1. The molecule has 0 aliphatic heterocycles. The van der Waals surface area contributed by atoms with Gasteiger partial charge < -0.3 is 20.1 Å². The Hall–Kier alpha value is -3.09. The summed E-state index contributed by atoms with van der Waals surface area (Å²) in [6.07, 6.45) is 4.04. The molecule has 0 saturated heterocycles. The minimum atomic E-state index is -0.898. The minimum absolute atomic E-state index is 0.0732. The number of allylic oxidation sites excluding steroid dienone is 1. The molecular weight excluding hydrogens is 396 g/mol. The van der Waals surface area contributed by atoms with Crippen molar-refractivity contribution in [1.29, 1.82) is 0 Å². The standard InChI is InChI=1S/C24H34N2O5/c1-6-8-15-21(27)25-19(18-13-10-9-11-14-18)16-17-30-22(28)20(12-7-2)26-23(29)31-24(3,4)5/h6-7,9-11,13-14,19-20H,1-2,8,12,15-17H2,3-5H3,(H,25,27)(H,26,29). The van der Waals surface area contributed by atoms with Crippen LogP contribution >= 0.6 is 0 Å². The van der Waals surface area contributed by atoms with Crippen LogP contribution in [0.15, 0.2) is 55.6 Å². The first-order valence-corrected chi connectivity index (χ1v) is 10.4. The Morgan fingerprint density at radius 1 is 1.06 bits per heavy atom. The van der Waals surface area contributed by atoms with E-state index < -0.39 is 23.7 Å². The van der Waals surface area contributed by atoms with Crippen molar-refractivity contribution in [2.24, 2.45) is 0 Å². The number of esters is 1. The van der Waals surface area contributed by atoms with Gasteiger partial charge in [0.05, 0.1) is 12.6 Å². The number of alkyl carbamates (subject to hydrolysis) is 1. The Bertz CT molecular complexity index is 740. The van der Waals surface area contributed by atoms with Crippen LogP contribution in [0, 0.1) is 0 Å². The zero-order valence-corrected chi connectivity index (χ0v) is 18.7. The highest BCUT2D eigenvalue weighted by Crippen LogP contribution is 2.17. The molecule has 170 valence electrons. The molecule has 1 aromatic rings. The SMILES string of the molecule is C=CCCC(=O)NC(CCOC(=O)C(CC=C)NC(=O)OC(C)(C)C)c1ccccc1. The number of ether oxygens (including phenoxy) is 2. The molecule has 0 aliphatic rings. The predicted octanol–water partition coefficient (Wildman–Crippen LogP) is 4.21. The number of hydrogen-bond acceptors (Lipinski definition) is 5. The number of carbonyl (C=O) groups excluding carboxylic acids is 3. The van der Waals surface area contributed by atoms with Gasteiger partial charge in [-0.3, -0.25) is 4.79 Å². The molecule has 0 radical (unpaired) electrons.